The van der Waals surface area contributed by atoms with Crippen molar-refractivity contribution in [2.45, 2.75) is 6.92 Å². The number of aliphatic carboxylic acids is 1. The molecule has 1 N–H and O–H groups in total. The quantitative estimate of drug-likeness (QED) is 0.709. The molecule has 68 valence electrons. The number of benzene rings is 1. The van der Waals surface area contributed by atoms with E-state index in [1.165, 1.54) is 0 Å². The van der Waals surface area contributed by atoms with E-state index in [-0.39, 0.29) is 0 Å². The highest BCUT2D eigenvalue weighted by Gasteiger charge is 2.03. The van der Waals surface area contributed by atoms with E-state index < -0.39 is 11.8 Å². The molecule has 0 saturated carbocycles. The molecule has 0 aliphatic carbocycles. The average molecular weight is 180 g/mol. The van der Waals surface area contributed by atoms with Gasteiger partial charge in [0.2, 0.25) is 5.83 Å². The number of hydrogen-bond donors (Lipinski definition) is 1. The fourth-order valence-electron chi connectivity index (χ4n) is 0.871. The van der Waals surface area contributed by atoms with Gasteiger partial charge in [0, 0.05) is 0 Å². The molecule has 1 rings (SSSR count). The van der Waals surface area contributed by atoms with Crippen molar-refractivity contribution in [2.75, 3.05) is 0 Å². The Labute approximate surface area is 75.3 Å². The summed E-state index contributed by atoms with van der Waals surface area (Å²) < 4.78 is 12.6. The molecule has 0 aromatic heterocycles. The van der Waals surface area contributed by atoms with Crippen LogP contribution in [0.4, 0.5) is 4.39 Å². The van der Waals surface area contributed by atoms with E-state index in [0.717, 1.165) is 11.6 Å². The van der Waals surface area contributed by atoms with Crippen molar-refractivity contribution < 1.29 is 14.3 Å². The van der Waals surface area contributed by atoms with E-state index in [9.17, 15) is 9.18 Å². The van der Waals surface area contributed by atoms with Crippen LogP contribution in [0.15, 0.2) is 30.1 Å². The summed E-state index contributed by atoms with van der Waals surface area (Å²) in [6.07, 6.45) is 0.988. The van der Waals surface area contributed by atoms with E-state index in [2.05, 4.69) is 0 Å². The lowest BCUT2D eigenvalue weighted by molar-refractivity contribution is -0.134. The zero-order valence-corrected chi connectivity index (χ0v) is 7.12. The molecule has 0 bridgehead atoms. The van der Waals surface area contributed by atoms with E-state index >= 15 is 0 Å². The van der Waals surface area contributed by atoms with Gasteiger partial charge in [-0.2, -0.15) is 4.39 Å². The lowest BCUT2D eigenvalue weighted by Gasteiger charge is -1.94. The van der Waals surface area contributed by atoms with Crippen LogP contribution >= 0.6 is 0 Å². The van der Waals surface area contributed by atoms with Gasteiger partial charge in [-0.3, -0.25) is 0 Å². The predicted molar refractivity (Wildman–Crippen MR) is 47.9 cm³/mol. The summed E-state index contributed by atoms with van der Waals surface area (Å²) in [5, 5.41) is 8.25. The summed E-state index contributed by atoms with van der Waals surface area (Å²) >= 11 is 0. The normalized spacial score (nSPS) is 11.4. The second-order valence-electron chi connectivity index (χ2n) is 2.71. The fraction of sp³-hybridized carbons (Fsp3) is 0.100. The van der Waals surface area contributed by atoms with Crippen LogP contribution in [-0.2, 0) is 4.79 Å². The number of hydrogen-bond acceptors (Lipinski definition) is 1. The molecule has 0 saturated heterocycles. The lowest BCUT2D eigenvalue weighted by atomic mass is 10.1. The van der Waals surface area contributed by atoms with E-state index in [1.807, 2.05) is 6.92 Å². The fourth-order valence-corrected chi connectivity index (χ4v) is 0.871. The Bertz CT molecular complexity index is 338. The molecule has 0 amide bonds. The molecule has 0 radical (unpaired) electrons. The summed E-state index contributed by atoms with van der Waals surface area (Å²) in [7, 11) is 0. The van der Waals surface area contributed by atoms with Crippen LogP contribution in [0.5, 0.6) is 0 Å². The Morgan fingerprint density at radius 2 is 1.92 bits per heavy atom. The molecule has 0 aliphatic rings. The maximum Gasteiger partial charge on any atom is 0.364 e. The number of carboxylic acid groups (broad SMARTS) is 1. The highest BCUT2D eigenvalue weighted by Crippen LogP contribution is 2.09. The second-order valence-corrected chi connectivity index (χ2v) is 2.71. The van der Waals surface area contributed by atoms with Gasteiger partial charge in [0.1, 0.15) is 0 Å². The van der Waals surface area contributed by atoms with Gasteiger partial charge in [-0.05, 0) is 18.6 Å². The van der Waals surface area contributed by atoms with Gasteiger partial charge in [0.25, 0.3) is 0 Å². The molecule has 1 aromatic carbocycles. The Morgan fingerprint density at radius 3 is 2.38 bits per heavy atom. The minimum Gasteiger partial charge on any atom is -0.476 e. The van der Waals surface area contributed by atoms with Gasteiger partial charge in [0.15, 0.2) is 0 Å². The highest BCUT2D eigenvalue weighted by molar-refractivity contribution is 5.89. The number of rotatable bonds is 2. The van der Waals surface area contributed by atoms with E-state index in [4.69, 9.17) is 5.11 Å². The Kier molecular flexibility index (Phi) is 2.80. The largest absolute Gasteiger partial charge is 0.476 e. The summed E-state index contributed by atoms with van der Waals surface area (Å²) in [5.41, 5.74) is 1.60. The molecule has 0 unspecified atom stereocenters. The molecule has 0 aliphatic heterocycles. The summed E-state index contributed by atoms with van der Waals surface area (Å²) in [6, 6.07) is 6.91. The van der Waals surface area contributed by atoms with Crippen molar-refractivity contribution in [2.24, 2.45) is 0 Å². The summed E-state index contributed by atoms with van der Waals surface area (Å²) in [6.45, 7) is 1.90. The van der Waals surface area contributed by atoms with Gasteiger partial charge in [-0.25, -0.2) is 4.79 Å². The molecule has 13 heavy (non-hydrogen) atoms. The molecule has 3 heteroatoms. The predicted octanol–water partition coefficient (Wildman–Crippen LogP) is 2.39. The SMILES string of the molecule is Cc1ccc(C=C(F)C(=O)O)cc1. The van der Waals surface area contributed by atoms with Crippen molar-refractivity contribution >= 4 is 12.0 Å². The van der Waals surface area contributed by atoms with Crippen molar-refractivity contribution in [3.05, 3.63) is 41.2 Å². The third-order valence-electron chi connectivity index (χ3n) is 1.58. The monoisotopic (exact) mass is 180 g/mol. The Morgan fingerprint density at radius 1 is 1.38 bits per heavy atom. The lowest BCUT2D eigenvalue weighted by Crippen LogP contribution is -1.93. The molecule has 0 fully saturated rings. The van der Waals surface area contributed by atoms with Gasteiger partial charge in [-0.15, -0.1) is 0 Å². The first-order valence-electron chi connectivity index (χ1n) is 3.77. The van der Waals surface area contributed by atoms with Crippen LogP contribution in [0.3, 0.4) is 0 Å². The second kappa shape index (κ2) is 3.85. The molecule has 0 atom stereocenters. The topological polar surface area (TPSA) is 37.3 Å². The van der Waals surface area contributed by atoms with Crippen molar-refractivity contribution in [1.29, 1.82) is 0 Å². The molecular weight excluding hydrogens is 171 g/mol. The molecule has 2 nitrogen and oxygen atoms in total. The smallest absolute Gasteiger partial charge is 0.364 e. The van der Waals surface area contributed by atoms with Crippen molar-refractivity contribution in [3.8, 4) is 0 Å². The standard InChI is InChI=1S/C10H9FO2/c1-7-2-4-8(5-3-7)6-9(11)10(12)13/h2-6H,1H3,(H,12,13). The van der Waals surface area contributed by atoms with Crippen LogP contribution in [0.2, 0.25) is 0 Å². The minimum atomic E-state index is -1.54. The van der Waals surface area contributed by atoms with E-state index in [1.54, 1.807) is 24.3 Å². The third kappa shape index (κ3) is 2.71. The number of carboxylic acids is 1. The summed E-state index contributed by atoms with van der Waals surface area (Å²) in [4.78, 5) is 10.1. The Balaban J connectivity index is 2.92. The average Bonchev–Trinajstić information content (AvgIpc) is 2.08. The number of aryl methyl sites for hydroxylation is 1. The van der Waals surface area contributed by atoms with Gasteiger partial charge in [-0.1, -0.05) is 29.8 Å². The molecule has 0 heterocycles. The number of halogens is 1. The zero-order valence-electron chi connectivity index (χ0n) is 7.12. The first kappa shape index (κ1) is 9.45. The zero-order chi connectivity index (χ0) is 9.84. The molecular formula is C10H9FO2. The molecule has 1 aromatic rings. The van der Waals surface area contributed by atoms with Crippen LogP contribution in [0.1, 0.15) is 11.1 Å². The van der Waals surface area contributed by atoms with Crippen molar-refractivity contribution in [3.63, 3.8) is 0 Å². The van der Waals surface area contributed by atoms with Crippen LogP contribution in [0.25, 0.3) is 6.08 Å². The number of carbonyl (C=O) groups is 1. The van der Waals surface area contributed by atoms with E-state index in [0.29, 0.717) is 5.56 Å². The first-order valence-corrected chi connectivity index (χ1v) is 3.77. The summed E-state index contributed by atoms with van der Waals surface area (Å²) in [5.74, 6) is -2.69. The van der Waals surface area contributed by atoms with Crippen LogP contribution < -0.4 is 0 Å². The van der Waals surface area contributed by atoms with Crippen LogP contribution in [0, 0.1) is 6.92 Å². The molecule has 0 spiro atoms. The van der Waals surface area contributed by atoms with Crippen LogP contribution in [-0.4, -0.2) is 11.1 Å². The van der Waals surface area contributed by atoms with Gasteiger partial charge < -0.3 is 5.11 Å². The highest BCUT2D eigenvalue weighted by atomic mass is 19.1. The first-order chi connectivity index (χ1) is 6.09. The van der Waals surface area contributed by atoms with Gasteiger partial charge >= 0.3 is 5.97 Å². The third-order valence-corrected chi connectivity index (χ3v) is 1.58. The Hall–Kier alpha value is -1.64. The maximum atomic E-state index is 12.6. The minimum absolute atomic E-state index is 0.547. The van der Waals surface area contributed by atoms with Gasteiger partial charge in [0.05, 0.1) is 0 Å². The van der Waals surface area contributed by atoms with Crippen molar-refractivity contribution in [1.82, 2.24) is 0 Å². The maximum absolute atomic E-state index is 12.6.